The summed E-state index contributed by atoms with van der Waals surface area (Å²) in [6.45, 7) is 0.0935. The molecule has 0 aliphatic carbocycles. The van der Waals surface area contributed by atoms with E-state index in [1.165, 1.54) is 0 Å². The summed E-state index contributed by atoms with van der Waals surface area (Å²) in [5.74, 6) is 0.157. The number of nitrogens with zero attached hydrogens (tertiary/aromatic N) is 2. The zero-order valence-electron chi connectivity index (χ0n) is 15.6. The molecule has 0 bridgehead atoms. The molecule has 3 aromatic rings. The van der Waals surface area contributed by atoms with Gasteiger partial charge in [-0.1, -0.05) is 34.1 Å². The van der Waals surface area contributed by atoms with Crippen LogP contribution in [0.2, 0.25) is 0 Å². The van der Waals surface area contributed by atoms with E-state index in [1.807, 2.05) is 35.2 Å². The average molecular weight is 464 g/mol. The predicted molar refractivity (Wildman–Crippen MR) is 110 cm³/mol. The van der Waals surface area contributed by atoms with Gasteiger partial charge in [0.05, 0.1) is 0 Å². The number of ether oxygens (including phenoxy) is 1. The standard InChI is InChI=1S/C21H20BrF2N3O2/c22-16-5-6-19(29-21(23)24)15(11-16)13-26-7-9-27(10-8-26)20(28)18-12-14-3-1-2-4-17(14)25-18/h1-6,11-12,21,25H,7-10,13H2. The lowest BCUT2D eigenvalue weighted by atomic mass is 10.1. The molecule has 1 saturated heterocycles. The summed E-state index contributed by atoms with van der Waals surface area (Å²) in [5, 5.41) is 1.01. The quantitative estimate of drug-likeness (QED) is 0.606. The van der Waals surface area contributed by atoms with Gasteiger partial charge in [0, 0.05) is 53.7 Å². The second-order valence-corrected chi connectivity index (χ2v) is 7.88. The van der Waals surface area contributed by atoms with Crippen LogP contribution in [0.25, 0.3) is 10.9 Å². The first-order valence-corrected chi connectivity index (χ1v) is 10.1. The smallest absolute Gasteiger partial charge is 0.387 e. The van der Waals surface area contributed by atoms with Crippen LogP contribution in [0.4, 0.5) is 8.78 Å². The molecule has 1 aliphatic rings. The van der Waals surface area contributed by atoms with E-state index in [2.05, 4.69) is 30.6 Å². The van der Waals surface area contributed by atoms with Gasteiger partial charge in [-0.05, 0) is 30.3 Å². The Morgan fingerprint density at radius 2 is 1.86 bits per heavy atom. The molecule has 1 aliphatic heterocycles. The van der Waals surface area contributed by atoms with E-state index in [1.54, 1.807) is 18.2 Å². The summed E-state index contributed by atoms with van der Waals surface area (Å²) in [6.07, 6.45) is 0. The largest absolute Gasteiger partial charge is 0.434 e. The van der Waals surface area contributed by atoms with Gasteiger partial charge < -0.3 is 14.6 Å². The van der Waals surface area contributed by atoms with E-state index in [0.29, 0.717) is 44.0 Å². The summed E-state index contributed by atoms with van der Waals surface area (Å²) >= 11 is 3.38. The molecule has 1 N–H and O–H groups in total. The molecule has 0 atom stereocenters. The van der Waals surface area contributed by atoms with E-state index < -0.39 is 6.61 Å². The SMILES string of the molecule is O=C(c1cc2ccccc2[nH]1)N1CCN(Cc2cc(Br)ccc2OC(F)F)CC1. The minimum absolute atomic E-state index is 0.0231. The highest BCUT2D eigenvalue weighted by Crippen LogP contribution is 2.26. The third kappa shape index (κ3) is 4.59. The van der Waals surface area contributed by atoms with Crippen molar-refractivity contribution >= 4 is 32.7 Å². The van der Waals surface area contributed by atoms with Crippen molar-refractivity contribution in [2.45, 2.75) is 13.2 Å². The van der Waals surface area contributed by atoms with Crippen LogP contribution < -0.4 is 4.74 Å². The van der Waals surface area contributed by atoms with Crippen LogP contribution in [0, 0.1) is 0 Å². The molecular formula is C21H20BrF2N3O2. The number of piperazine rings is 1. The first-order chi connectivity index (χ1) is 14.0. The van der Waals surface area contributed by atoms with Crippen LogP contribution in [0.15, 0.2) is 53.0 Å². The second kappa shape index (κ2) is 8.51. The molecule has 152 valence electrons. The van der Waals surface area contributed by atoms with Crippen LogP contribution in [-0.2, 0) is 6.54 Å². The molecule has 29 heavy (non-hydrogen) atoms. The highest BCUT2D eigenvalue weighted by atomic mass is 79.9. The summed E-state index contributed by atoms with van der Waals surface area (Å²) in [4.78, 5) is 20.0. The van der Waals surface area contributed by atoms with Crippen molar-refractivity contribution in [1.82, 2.24) is 14.8 Å². The van der Waals surface area contributed by atoms with Gasteiger partial charge in [-0.3, -0.25) is 9.69 Å². The second-order valence-electron chi connectivity index (χ2n) is 6.97. The molecule has 2 heterocycles. The number of benzene rings is 2. The number of nitrogens with one attached hydrogen (secondary N) is 1. The third-order valence-corrected chi connectivity index (χ3v) is 5.55. The van der Waals surface area contributed by atoms with Gasteiger partial charge in [-0.2, -0.15) is 8.78 Å². The van der Waals surface area contributed by atoms with Gasteiger partial charge in [-0.15, -0.1) is 0 Å². The summed E-state index contributed by atoms with van der Waals surface area (Å²) in [7, 11) is 0. The maximum Gasteiger partial charge on any atom is 0.387 e. The third-order valence-electron chi connectivity index (χ3n) is 5.05. The number of fused-ring (bicyclic) bond motifs is 1. The fourth-order valence-electron chi connectivity index (χ4n) is 3.59. The van der Waals surface area contributed by atoms with Crippen molar-refractivity contribution in [2.75, 3.05) is 26.2 Å². The Morgan fingerprint density at radius 1 is 1.10 bits per heavy atom. The Kier molecular flexibility index (Phi) is 5.82. The fraction of sp³-hybridized carbons (Fsp3) is 0.286. The molecule has 1 amide bonds. The summed E-state index contributed by atoms with van der Waals surface area (Å²) in [6, 6.07) is 14.7. The molecule has 0 saturated carbocycles. The number of hydrogen-bond acceptors (Lipinski definition) is 3. The minimum Gasteiger partial charge on any atom is -0.434 e. The molecule has 8 heteroatoms. The van der Waals surface area contributed by atoms with Gasteiger partial charge in [0.15, 0.2) is 0 Å². The Balaban J connectivity index is 1.39. The summed E-state index contributed by atoms with van der Waals surface area (Å²) in [5.41, 5.74) is 2.21. The lowest BCUT2D eigenvalue weighted by Gasteiger charge is -2.34. The maximum absolute atomic E-state index is 12.8. The number of aromatic amines is 1. The predicted octanol–water partition coefficient (Wildman–Crippen LogP) is 4.49. The van der Waals surface area contributed by atoms with Gasteiger partial charge in [0.2, 0.25) is 0 Å². The van der Waals surface area contributed by atoms with Crippen molar-refractivity contribution in [3.63, 3.8) is 0 Å². The number of carbonyl (C=O) groups excluding carboxylic acids is 1. The number of H-pyrrole nitrogens is 1. The zero-order chi connectivity index (χ0) is 20.4. The molecule has 1 aromatic heterocycles. The van der Waals surface area contributed by atoms with Crippen LogP contribution >= 0.6 is 15.9 Å². The molecule has 0 radical (unpaired) electrons. The maximum atomic E-state index is 12.8. The average Bonchev–Trinajstić information content (AvgIpc) is 3.14. The van der Waals surface area contributed by atoms with Crippen LogP contribution in [0.3, 0.4) is 0 Å². The van der Waals surface area contributed by atoms with E-state index in [4.69, 9.17) is 0 Å². The minimum atomic E-state index is -2.86. The molecular weight excluding hydrogens is 444 g/mol. The van der Waals surface area contributed by atoms with Gasteiger partial charge in [0.1, 0.15) is 11.4 Å². The number of carbonyl (C=O) groups is 1. The normalized spacial score (nSPS) is 15.2. The van der Waals surface area contributed by atoms with Crippen molar-refractivity contribution in [3.8, 4) is 5.75 Å². The van der Waals surface area contributed by atoms with Crippen molar-refractivity contribution in [3.05, 3.63) is 64.3 Å². The Bertz CT molecular complexity index is 983. The Labute approximate surface area is 175 Å². The van der Waals surface area contributed by atoms with Crippen molar-refractivity contribution in [1.29, 1.82) is 0 Å². The van der Waals surface area contributed by atoms with E-state index in [0.717, 1.165) is 15.4 Å². The Hall–Kier alpha value is -2.45. The highest BCUT2D eigenvalue weighted by Gasteiger charge is 2.24. The highest BCUT2D eigenvalue weighted by molar-refractivity contribution is 9.10. The van der Waals surface area contributed by atoms with Crippen LogP contribution in [0.1, 0.15) is 16.1 Å². The number of alkyl halides is 2. The topological polar surface area (TPSA) is 48.6 Å². The molecule has 2 aromatic carbocycles. The summed E-state index contributed by atoms with van der Waals surface area (Å²) < 4.78 is 30.8. The number of halogens is 3. The van der Waals surface area contributed by atoms with Crippen LogP contribution in [0.5, 0.6) is 5.75 Å². The van der Waals surface area contributed by atoms with Gasteiger partial charge >= 0.3 is 6.61 Å². The molecule has 4 rings (SSSR count). The van der Waals surface area contributed by atoms with E-state index in [-0.39, 0.29) is 11.7 Å². The molecule has 0 spiro atoms. The number of para-hydroxylation sites is 1. The lowest BCUT2D eigenvalue weighted by Crippen LogP contribution is -2.48. The van der Waals surface area contributed by atoms with Crippen molar-refractivity contribution < 1.29 is 18.3 Å². The molecule has 5 nitrogen and oxygen atoms in total. The monoisotopic (exact) mass is 463 g/mol. The zero-order valence-corrected chi connectivity index (χ0v) is 17.2. The first kappa shape index (κ1) is 19.8. The lowest BCUT2D eigenvalue weighted by molar-refractivity contribution is -0.0509. The number of amides is 1. The van der Waals surface area contributed by atoms with E-state index >= 15 is 0 Å². The van der Waals surface area contributed by atoms with Gasteiger partial charge in [0.25, 0.3) is 5.91 Å². The number of hydrogen-bond donors (Lipinski definition) is 1. The first-order valence-electron chi connectivity index (χ1n) is 9.32. The van der Waals surface area contributed by atoms with Crippen molar-refractivity contribution in [2.24, 2.45) is 0 Å². The fourth-order valence-corrected chi connectivity index (χ4v) is 4.00. The number of aromatic nitrogens is 1. The number of rotatable bonds is 5. The Morgan fingerprint density at radius 3 is 2.59 bits per heavy atom. The molecule has 1 fully saturated rings. The molecule has 0 unspecified atom stereocenters. The van der Waals surface area contributed by atoms with Crippen LogP contribution in [-0.4, -0.2) is 53.5 Å². The van der Waals surface area contributed by atoms with E-state index in [9.17, 15) is 13.6 Å². The van der Waals surface area contributed by atoms with Gasteiger partial charge in [-0.25, -0.2) is 0 Å².